The predicted octanol–water partition coefficient (Wildman–Crippen LogP) is 4.42. The second kappa shape index (κ2) is 4.50. The summed E-state index contributed by atoms with van der Waals surface area (Å²) in [4.78, 5) is 27.4. The monoisotopic (exact) mass is 392 g/mol. The summed E-state index contributed by atoms with van der Waals surface area (Å²) in [5.41, 5.74) is 2.81. The molecule has 8 bridgehead atoms. The smallest absolute Gasteiger partial charge is 0.342 e. The highest BCUT2D eigenvalue weighted by Crippen LogP contribution is 2.79. The minimum atomic E-state index is -0.356. The zero-order valence-corrected chi connectivity index (χ0v) is 16.8. The maximum Gasteiger partial charge on any atom is 0.342 e. The van der Waals surface area contributed by atoms with Crippen LogP contribution in [0.15, 0.2) is 17.0 Å². The van der Waals surface area contributed by atoms with Gasteiger partial charge in [0.1, 0.15) is 5.92 Å². The maximum atomic E-state index is 13.2. The lowest BCUT2D eigenvalue weighted by molar-refractivity contribution is -0.248. The number of carbonyl (C=O) groups excluding carboxylic acids is 2. The lowest BCUT2D eigenvalue weighted by Crippen LogP contribution is -2.72. The van der Waals surface area contributed by atoms with Crippen molar-refractivity contribution in [1.82, 2.24) is 0 Å². The van der Waals surface area contributed by atoms with Crippen LogP contribution in [0, 0.1) is 53.3 Å². The van der Waals surface area contributed by atoms with E-state index >= 15 is 0 Å². The zero-order chi connectivity index (χ0) is 18.5. The minimum Gasteiger partial charge on any atom is -0.389 e. The van der Waals surface area contributed by atoms with Gasteiger partial charge in [-0.1, -0.05) is 0 Å². The van der Waals surface area contributed by atoms with Crippen molar-refractivity contribution in [2.24, 2.45) is 53.3 Å². The Balaban J connectivity index is 1.45. The molecule has 2 heterocycles. The normalized spacial score (nSPS) is 54.0. The van der Waals surface area contributed by atoms with Gasteiger partial charge in [-0.25, -0.2) is 4.79 Å². The first-order valence-electron chi connectivity index (χ1n) is 11.2. The van der Waals surface area contributed by atoms with E-state index in [9.17, 15) is 9.59 Å². The van der Waals surface area contributed by atoms with E-state index in [0.29, 0.717) is 17.4 Å². The molecule has 0 radical (unpaired) electrons. The first-order valence-corrected chi connectivity index (χ1v) is 12.0. The number of carbonyl (C=O) groups is 2. The zero-order valence-electron chi connectivity index (χ0n) is 16.0. The molecule has 10 rings (SSSR count). The third-order valence-electron chi connectivity index (χ3n) is 10.6. The van der Waals surface area contributed by atoms with Crippen molar-refractivity contribution in [2.75, 3.05) is 0 Å². The second-order valence-electron chi connectivity index (χ2n) is 10.9. The Kier molecular flexibility index (Phi) is 2.48. The van der Waals surface area contributed by atoms with Gasteiger partial charge >= 0.3 is 11.9 Å². The molecule has 6 unspecified atom stereocenters. The minimum absolute atomic E-state index is 0.156. The van der Waals surface area contributed by atoms with Crippen molar-refractivity contribution in [3.63, 3.8) is 0 Å². The highest BCUT2D eigenvalue weighted by Gasteiger charge is 2.76. The van der Waals surface area contributed by atoms with E-state index in [4.69, 9.17) is 4.74 Å². The summed E-state index contributed by atoms with van der Waals surface area (Å²) in [6.07, 6.45) is 6.79. The molecule has 28 heavy (non-hydrogen) atoms. The van der Waals surface area contributed by atoms with Crippen LogP contribution in [0.25, 0.3) is 5.57 Å². The number of hydrogen-bond donors (Lipinski definition) is 0. The summed E-state index contributed by atoms with van der Waals surface area (Å²) in [7, 11) is 0. The third-order valence-corrected chi connectivity index (χ3v) is 11.6. The Morgan fingerprint density at radius 2 is 1.68 bits per heavy atom. The number of cyclic esters (lactones) is 2. The average molecular weight is 393 g/mol. The third kappa shape index (κ3) is 1.35. The van der Waals surface area contributed by atoms with Gasteiger partial charge in [-0.3, -0.25) is 4.79 Å². The van der Waals surface area contributed by atoms with Crippen molar-refractivity contribution < 1.29 is 14.3 Å². The lowest BCUT2D eigenvalue weighted by Gasteiger charge is -2.76. The van der Waals surface area contributed by atoms with E-state index in [0.717, 1.165) is 41.1 Å². The van der Waals surface area contributed by atoms with Crippen molar-refractivity contribution in [2.45, 2.75) is 44.4 Å². The fourth-order valence-corrected chi connectivity index (χ4v) is 11.6. The first kappa shape index (κ1) is 15.4. The number of ether oxygens (including phenoxy) is 1. The fourth-order valence-electron chi connectivity index (χ4n) is 10.3. The van der Waals surface area contributed by atoms with E-state index in [1.807, 2.05) is 18.3 Å². The molecule has 7 saturated carbocycles. The highest BCUT2D eigenvalue weighted by atomic mass is 32.1. The Morgan fingerprint density at radius 3 is 2.43 bits per heavy atom. The predicted molar refractivity (Wildman–Crippen MR) is 104 cm³/mol. The van der Waals surface area contributed by atoms with Gasteiger partial charge in [0.15, 0.2) is 0 Å². The molecule has 144 valence electrons. The van der Waals surface area contributed by atoms with E-state index < -0.39 is 0 Å². The van der Waals surface area contributed by atoms with Crippen LogP contribution >= 0.6 is 11.3 Å². The van der Waals surface area contributed by atoms with Gasteiger partial charge in [0.05, 0.1) is 5.57 Å². The van der Waals surface area contributed by atoms with E-state index in [1.54, 1.807) is 0 Å². The molecule has 4 heteroatoms. The Hall–Kier alpha value is -1.42. The molecular formula is C24H24O3S. The molecule has 0 amide bonds. The summed E-state index contributed by atoms with van der Waals surface area (Å²) in [6.45, 7) is 2.03. The van der Waals surface area contributed by atoms with Gasteiger partial charge in [-0.05, 0) is 109 Å². The number of allylic oxidation sites excluding steroid dienone is 1. The van der Waals surface area contributed by atoms with Crippen LogP contribution < -0.4 is 0 Å². The topological polar surface area (TPSA) is 43.4 Å². The number of fused-ring (bicyclic) bond motifs is 2. The van der Waals surface area contributed by atoms with Crippen LogP contribution in [0.1, 0.15) is 49.5 Å². The summed E-state index contributed by atoms with van der Waals surface area (Å²) < 4.78 is 5.33. The fraction of sp³-hybridized carbons (Fsp3) is 0.667. The number of rotatable bonds is 0. The van der Waals surface area contributed by atoms with Gasteiger partial charge in [-0.15, -0.1) is 11.3 Å². The molecule has 3 nitrogen and oxygen atoms in total. The molecule has 1 aliphatic heterocycles. The van der Waals surface area contributed by atoms with Crippen molar-refractivity contribution in [3.8, 4) is 0 Å². The molecule has 1 saturated heterocycles. The Morgan fingerprint density at radius 1 is 1.00 bits per heavy atom. The quantitative estimate of drug-likeness (QED) is 0.485. The summed E-state index contributed by atoms with van der Waals surface area (Å²) in [6, 6.07) is 2.20. The van der Waals surface area contributed by atoms with E-state index in [1.165, 1.54) is 42.5 Å². The van der Waals surface area contributed by atoms with E-state index in [2.05, 4.69) is 11.4 Å². The van der Waals surface area contributed by atoms with Gasteiger partial charge < -0.3 is 4.74 Å². The molecule has 9 aliphatic rings. The van der Waals surface area contributed by atoms with Crippen LogP contribution in [-0.2, 0) is 19.7 Å². The Labute approximate surface area is 168 Å². The van der Waals surface area contributed by atoms with E-state index in [-0.39, 0.29) is 23.3 Å². The van der Waals surface area contributed by atoms with Crippen LogP contribution in [0.4, 0.5) is 0 Å². The average Bonchev–Trinajstić information content (AvgIpc) is 3.29. The van der Waals surface area contributed by atoms with Crippen LogP contribution in [0.5, 0.6) is 0 Å². The number of hydrogen-bond acceptors (Lipinski definition) is 4. The molecule has 8 fully saturated rings. The molecule has 0 aromatic carbocycles. The van der Waals surface area contributed by atoms with Crippen LogP contribution in [0.2, 0.25) is 0 Å². The SMILES string of the molecule is CC1=C2C(=O)OC(=O)[C@@H]2[C@@]2(c3sccc31)C1CC3C4CC5CC3[C@@H](C1)[C@@H](C5)C42. The van der Waals surface area contributed by atoms with Gasteiger partial charge in [0.25, 0.3) is 0 Å². The van der Waals surface area contributed by atoms with Crippen molar-refractivity contribution in [1.29, 1.82) is 0 Å². The second-order valence-corrected chi connectivity index (χ2v) is 11.8. The molecular weight excluding hydrogens is 368 g/mol. The van der Waals surface area contributed by atoms with Gasteiger partial charge in [0.2, 0.25) is 0 Å². The largest absolute Gasteiger partial charge is 0.389 e. The molecule has 8 aliphatic carbocycles. The van der Waals surface area contributed by atoms with Gasteiger partial charge in [0, 0.05) is 10.3 Å². The van der Waals surface area contributed by atoms with Crippen molar-refractivity contribution >= 4 is 28.8 Å². The molecule has 10 atom stereocenters. The standard InChI is InChI=1S/C24H24O3S/c1-9-12-2-3-28-21(12)24(20-18(9)22(25)27-23(20)26)11-7-14-13-4-10-5-16(14)19(24)17(6-10)15(13)8-11/h2-3,10-11,13-17,19-20H,4-8H2,1H3/t10?,11?,13?,14-,15?,16-,17?,19?,20-,24-/m1/s1. The Bertz CT molecular complexity index is 995. The highest BCUT2D eigenvalue weighted by molar-refractivity contribution is 7.10. The maximum absolute atomic E-state index is 13.2. The number of thiophene rings is 1. The molecule has 0 N–H and O–H groups in total. The molecule has 1 aromatic heterocycles. The summed E-state index contributed by atoms with van der Waals surface area (Å²) in [5, 5.41) is 2.20. The summed E-state index contributed by atoms with van der Waals surface area (Å²) in [5.74, 6) is 5.42. The van der Waals surface area contributed by atoms with Crippen LogP contribution in [0.3, 0.4) is 0 Å². The molecule has 1 spiro atoms. The lowest BCUT2D eigenvalue weighted by atomic mass is 9.28. The summed E-state index contributed by atoms with van der Waals surface area (Å²) >= 11 is 1.86. The molecule has 1 aromatic rings. The van der Waals surface area contributed by atoms with Gasteiger partial charge in [-0.2, -0.15) is 0 Å². The van der Waals surface area contributed by atoms with Crippen molar-refractivity contribution in [3.05, 3.63) is 27.5 Å². The first-order chi connectivity index (χ1) is 13.6. The van der Waals surface area contributed by atoms with Crippen LogP contribution in [-0.4, -0.2) is 11.9 Å². The number of esters is 2.